The molecule has 0 aliphatic carbocycles. The average molecular weight is 318 g/mol. The lowest BCUT2D eigenvalue weighted by molar-refractivity contribution is -0.120. The number of nitrogens with one attached hydrogen (secondary N) is 1. The minimum Gasteiger partial charge on any atom is -0.490 e. The van der Waals surface area contributed by atoms with Crippen molar-refractivity contribution in [2.45, 2.75) is 20.3 Å². The van der Waals surface area contributed by atoms with Gasteiger partial charge in [-0.2, -0.15) is 0 Å². The van der Waals surface area contributed by atoms with E-state index < -0.39 is 0 Å². The minimum absolute atomic E-state index is 0.00490. The molecule has 0 unspecified atom stereocenters. The molecule has 0 spiro atoms. The topological polar surface area (TPSA) is 38.3 Å². The van der Waals surface area contributed by atoms with Crippen molar-refractivity contribution in [3.8, 4) is 5.75 Å². The van der Waals surface area contributed by atoms with Crippen LogP contribution in [0.1, 0.15) is 16.7 Å². The van der Waals surface area contributed by atoms with Gasteiger partial charge >= 0.3 is 0 Å². The monoisotopic (exact) mass is 317 g/mol. The van der Waals surface area contributed by atoms with Gasteiger partial charge in [0.25, 0.3) is 0 Å². The number of rotatable bonds is 6. The first kappa shape index (κ1) is 16.4. The van der Waals surface area contributed by atoms with Crippen LogP contribution in [0.4, 0.5) is 0 Å². The number of halogens is 1. The van der Waals surface area contributed by atoms with Gasteiger partial charge in [-0.3, -0.25) is 4.79 Å². The summed E-state index contributed by atoms with van der Waals surface area (Å²) in [5.41, 5.74) is 3.40. The van der Waals surface area contributed by atoms with Crippen LogP contribution in [0, 0.1) is 13.8 Å². The van der Waals surface area contributed by atoms with Gasteiger partial charge in [0, 0.05) is 0 Å². The van der Waals surface area contributed by atoms with E-state index in [4.69, 9.17) is 16.3 Å². The number of para-hydroxylation sites is 1. The second kappa shape index (κ2) is 7.85. The lowest BCUT2D eigenvalue weighted by Gasteiger charge is -2.10. The summed E-state index contributed by atoms with van der Waals surface area (Å²) in [5, 5.41) is 3.43. The fourth-order valence-corrected chi connectivity index (χ4v) is 2.38. The van der Waals surface area contributed by atoms with Crippen LogP contribution in [0.15, 0.2) is 42.5 Å². The van der Waals surface area contributed by atoms with Gasteiger partial charge in [-0.15, -0.1) is 0 Å². The quantitative estimate of drug-likeness (QED) is 0.825. The Balaban J connectivity index is 1.75. The van der Waals surface area contributed by atoms with Crippen LogP contribution < -0.4 is 10.1 Å². The first-order valence-corrected chi connectivity index (χ1v) is 7.64. The zero-order valence-corrected chi connectivity index (χ0v) is 13.6. The highest BCUT2D eigenvalue weighted by atomic mass is 35.5. The SMILES string of the molecule is Cc1ccc(CC(=O)NCCOc2ccccc2Cl)c(C)c1. The third kappa shape index (κ3) is 4.78. The number of hydrogen-bond donors (Lipinski definition) is 1. The van der Waals surface area contributed by atoms with Crippen molar-refractivity contribution in [1.82, 2.24) is 5.32 Å². The van der Waals surface area contributed by atoms with Gasteiger partial charge in [-0.05, 0) is 37.1 Å². The fourth-order valence-electron chi connectivity index (χ4n) is 2.19. The highest BCUT2D eigenvalue weighted by Gasteiger charge is 2.06. The van der Waals surface area contributed by atoms with E-state index in [1.54, 1.807) is 12.1 Å². The number of carbonyl (C=O) groups is 1. The van der Waals surface area contributed by atoms with E-state index in [-0.39, 0.29) is 5.91 Å². The molecule has 1 amide bonds. The Morgan fingerprint density at radius 2 is 1.95 bits per heavy atom. The first-order chi connectivity index (χ1) is 10.6. The molecular formula is C18H20ClNO2. The third-order valence-corrected chi connectivity index (χ3v) is 3.68. The summed E-state index contributed by atoms with van der Waals surface area (Å²) < 4.78 is 5.53. The molecule has 0 fully saturated rings. The van der Waals surface area contributed by atoms with Crippen molar-refractivity contribution >= 4 is 17.5 Å². The Morgan fingerprint density at radius 1 is 1.18 bits per heavy atom. The second-order valence-electron chi connectivity index (χ2n) is 5.24. The molecule has 1 N–H and O–H groups in total. The van der Waals surface area contributed by atoms with Crippen molar-refractivity contribution in [2.75, 3.05) is 13.2 Å². The van der Waals surface area contributed by atoms with Crippen LogP contribution in [-0.4, -0.2) is 19.1 Å². The van der Waals surface area contributed by atoms with Gasteiger partial charge in [0.15, 0.2) is 0 Å². The first-order valence-electron chi connectivity index (χ1n) is 7.26. The van der Waals surface area contributed by atoms with Gasteiger partial charge in [-0.25, -0.2) is 0 Å². The number of carbonyl (C=O) groups excluding carboxylic acids is 1. The molecule has 0 aliphatic rings. The van der Waals surface area contributed by atoms with Crippen LogP contribution in [0.2, 0.25) is 5.02 Å². The van der Waals surface area contributed by atoms with Gasteiger partial charge < -0.3 is 10.1 Å². The zero-order valence-electron chi connectivity index (χ0n) is 12.9. The molecule has 0 radical (unpaired) electrons. The number of amides is 1. The Kier molecular flexibility index (Phi) is 5.84. The van der Waals surface area contributed by atoms with Crippen molar-refractivity contribution in [3.63, 3.8) is 0 Å². The fraction of sp³-hybridized carbons (Fsp3) is 0.278. The number of ether oxygens (including phenoxy) is 1. The second-order valence-corrected chi connectivity index (χ2v) is 5.64. The zero-order chi connectivity index (χ0) is 15.9. The minimum atomic E-state index is -0.00490. The van der Waals surface area contributed by atoms with Crippen LogP contribution in [0.25, 0.3) is 0 Å². The summed E-state index contributed by atoms with van der Waals surface area (Å²) in [4.78, 5) is 11.9. The molecule has 0 bridgehead atoms. The Morgan fingerprint density at radius 3 is 2.68 bits per heavy atom. The molecule has 2 aromatic carbocycles. The average Bonchev–Trinajstić information content (AvgIpc) is 2.48. The number of benzene rings is 2. The molecule has 2 aromatic rings. The highest BCUT2D eigenvalue weighted by Crippen LogP contribution is 2.22. The standard InChI is InChI=1S/C18H20ClNO2/c1-13-7-8-15(14(2)11-13)12-18(21)20-9-10-22-17-6-4-3-5-16(17)19/h3-8,11H,9-10,12H2,1-2H3,(H,20,21). The Hall–Kier alpha value is -2.00. The lowest BCUT2D eigenvalue weighted by atomic mass is 10.0. The van der Waals surface area contributed by atoms with Crippen LogP contribution in [-0.2, 0) is 11.2 Å². The van der Waals surface area contributed by atoms with Crippen LogP contribution in [0.3, 0.4) is 0 Å². The van der Waals surface area contributed by atoms with Crippen molar-refractivity contribution in [1.29, 1.82) is 0 Å². The summed E-state index contributed by atoms with van der Waals surface area (Å²) in [7, 11) is 0. The van der Waals surface area contributed by atoms with Crippen LogP contribution >= 0.6 is 11.6 Å². The van der Waals surface area contributed by atoms with Gasteiger partial charge in [-0.1, -0.05) is 47.5 Å². The van der Waals surface area contributed by atoms with Gasteiger partial charge in [0.2, 0.25) is 5.91 Å². The molecule has 3 nitrogen and oxygen atoms in total. The molecule has 0 saturated heterocycles. The molecule has 0 saturated carbocycles. The van der Waals surface area contributed by atoms with E-state index in [2.05, 4.69) is 11.4 Å². The van der Waals surface area contributed by atoms with Crippen molar-refractivity contribution < 1.29 is 9.53 Å². The van der Waals surface area contributed by atoms with E-state index in [1.165, 1.54) is 5.56 Å². The molecule has 0 aliphatic heterocycles. The van der Waals surface area contributed by atoms with Gasteiger partial charge in [0.1, 0.15) is 12.4 Å². The molecule has 0 heterocycles. The molecule has 22 heavy (non-hydrogen) atoms. The van der Waals surface area contributed by atoms with E-state index in [0.717, 1.165) is 11.1 Å². The van der Waals surface area contributed by atoms with Crippen molar-refractivity contribution in [3.05, 3.63) is 64.2 Å². The summed E-state index contributed by atoms with van der Waals surface area (Å²) in [6.45, 7) is 4.91. The normalized spacial score (nSPS) is 10.3. The predicted octanol–water partition coefficient (Wildman–Crippen LogP) is 3.69. The summed E-state index contributed by atoms with van der Waals surface area (Å²) in [6, 6.07) is 13.4. The summed E-state index contributed by atoms with van der Waals surface area (Å²) in [6.07, 6.45) is 0.387. The smallest absolute Gasteiger partial charge is 0.224 e. The Labute approximate surface area is 136 Å². The largest absolute Gasteiger partial charge is 0.490 e. The maximum atomic E-state index is 11.9. The third-order valence-electron chi connectivity index (χ3n) is 3.37. The predicted molar refractivity (Wildman–Crippen MR) is 89.6 cm³/mol. The van der Waals surface area contributed by atoms with Crippen LogP contribution in [0.5, 0.6) is 5.75 Å². The number of hydrogen-bond acceptors (Lipinski definition) is 2. The number of aryl methyl sites for hydroxylation is 2. The molecular weight excluding hydrogens is 298 g/mol. The van der Waals surface area contributed by atoms with E-state index >= 15 is 0 Å². The maximum absolute atomic E-state index is 11.9. The van der Waals surface area contributed by atoms with E-state index in [0.29, 0.717) is 30.3 Å². The highest BCUT2D eigenvalue weighted by molar-refractivity contribution is 6.32. The molecule has 0 aromatic heterocycles. The molecule has 2 rings (SSSR count). The molecule has 4 heteroatoms. The summed E-state index contributed by atoms with van der Waals surface area (Å²) >= 11 is 5.99. The summed E-state index contributed by atoms with van der Waals surface area (Å²) in [5.74, 6) is 0.627. The van der Waals surface area contributed by atoms with E-state index in [9.17, 15) is 4.79 Å². The Bertz CT molecular complexity index is 655. The van der Waals surface area contributed by atoms with Gasteiger partial charge in [0.05, 0.1) is 18.0 Å². The van der Waals surface area contributed by atoms with E-state index in [1.807, 2.05) is 38.1 Å². The van der Waals surface area contributed by atoms with Crippen molar-refractivity contribution in [2.24, 2.45) is 0 Å². The lowest BCUT2D eigenvalue weighted by Crippen LogP contribution is -2.29. The molecule has 116 valence electrons. The maximum Gasteiger partial charge on any atom is 0.224 e. The molecule has 0 atom stereocenters.